The van der Waals surface area contributed by atoms with Crippen LogP contribution in [-0.4, -0.2) is 25.6 Å². The highest BCUT2D eigenvalue weighted by molar-refractivity contribution is 7.59. The molecule has 0 spiro atoms. The Morgan fingerprint density at radius 1 is 1.50 bits per heavy atom. The molecule has 1 aliphatic heterocycles. The number of alkyl halides is 3. The van der Waals surface area contributed by atoms with E-state index in [1.165, 1.54) is 0 Å². The summed E-state index contributed by atoms with van der Waals surface area (Å²) in [5.41, 5.74) is 0. The predicted octanol–water partition coefficient (Wildman–Crippen LogP) is 2.35. The van der Waals surface area contributed by atoms with Crippen molar-refractivity contribution in [3.63, 3.8) is 0 Å². The normalized spacial score (nSPS) is 38.2. The van der Waals surface area contributed by atoms with E-state index in [0.717, 1.165) is 7.11 Å². The second-order valence-electron chi connectivity index (χ2n) is 3.28. The van der Waals surface area contributed by atoms with Crippen LogP contribution in [0, 0.1) is 24.2 Å². The van der Waals surface area contributed by atoms with Gasteiger partial charge >= 0.3 is 6.18 Å². The number of rotatable bonds is 1. The summed E-state index contributed by atoms with van der Waals surface area (Å²) in [6.07, 6.45) is -0.0639. The zero-order valence-corrected chi connectivity index (χ0v) is 8.44. The molecule has 2 nitrogen and oxygen atoms in total. The fourth-order valence-corrected chi connectivity index (χ4v) is 4.05. The van der Waals surface area contributed by atoms with Gasteiger partial charge in [0.05, 0.1) is 5.92 Å². The third kappa shape index (κ3) is 2.13. The molecule has 0 aromatic rings. The van der Waals surface area contributed by atoms with Gasteiger partial charge in [0.25, 0.3) is 0 Å². The predicted molar refractivity (Wildman–Crippen MR) is 46.2 cm³/mol. The van der Waals surface area contributed by atoms with Gasteiger partial charge in [0, 0.05) is 25.4 Å². The van der Waals surface area contributed by atoms with Gasteiger partial charge in [-0.15, -0.1) is 12.3 Å². The topological polar surface area (TPSA) is 26.3 Å². The van der Waals surface area contributed by atoms with Crippen molar-refractivity contribution in [1.82, 2.24) is 0 Å². The first kappa shape index (κ1) is 11.6. The van der Waals surface area contributed by atoms with Gasteiger partial charge in [0.1, 0.15) is 0 Å². The van der Waals surface area contributed by atoms with Crippen LogP contribution in [0.3, 0.4) is 0 Å². The minimum Gasteiger partial charge on any atom is -0.332 e. The van der Waals surface area contributed by atoms with Gasteiger partial charge in [-0.25, -0.2) is 0 Å². The van der Waals surface area contributed by atoms with Crippen LogP contribution in [0.15, 0.2) is 0 Å². The molecular weight excluding hydrogens is 216 g/mol. The van der Waals surface area contributed by atoms with Crippen LogP contribution in [0.25, 0.3) is 0 Å². The molecule has 1 aliphatic rings. The Kier molecular flexibility index (Phi) is 2.99. The molecule has 6 heteroatoms. The number of terminal acetylenes is 1. The van der Waals surface area contributed by atoms with E-state index in [0.29, 0.717) is 0 Å². The van der Waals surface area contributed by atoms with E-state index in [4.69, 9.17) is 6.42 Å². The van der Waals surface area contributed by atoms with Crippen LogP contribution >= 0.6 is 7.37 Å². The van der Waals surface area contributed by atoms with Crippen molar-refractivity contribution >= 4 is 7.37 Å². The molecule has 0 aromatic carbocycles. The Morgan fingerprint density at radius 2 is 2.07 bits per heavy atom. The van der Waals surface area contributed by atoms with E-state index < -0.39 is 31.5 Å². The van der Waals surface area contributed by atoms with Crippen LogP contribution in [0.4, 0.5) is 13.2 Å². The molecule has 0 saturated carbocycles. The van der Waals surface area contributed by atoms with Gasteiger partial charge in [-0.1, -0.05) is 0 Å². The number of hydrogen-bond acceptors (Lipinski definition) is 2. The standard InChI is InChI=1S/C8H10F3O2P/c1-3-6-4-14(12,13-2)5-7(6)8(9,10)11/h1,6-7H,4-5H2,2H3. The van der Waals surface area contributed by atoms with Gasteiger partial charge in [0.2, 0.25) is 7.37 Å². The van der Waals surface area contributed by atoms with E-state index >= 15 is 0 Å². The summed E-state index contributed by atoms with van der Waals surface area (Å²) in [7, 11) is -1.98. The van der Waals surface area contributed by atoms with E-state index in [2.05, 4.69) is 4.52 Å². The zero-order valence-electron chi connectivity index (χ0n) is 7.54. The van der Waals surface area contributed by atoms with E-state index in [1.807, 2.05) is 5.92 Å². The molecule has 1 saturated heterocycles. The second-order valence-corrected chi connectivity index (χ2v) is 6.01. The van der Waals surface area contributed by atoms with Crippen molar-refractivity contribution in [1.29, 1.82) is 0 Å². The van der Waals surface area contributed by atoms with Gasteiger partial charge in [-0.3, -0.25) is 4.57 Å². The summed E-state index contributed by atoms with van der Waals surface area (Å²) in [6, 6.07) is 0. The van der Waals surface area contributed by atoms with Crippen LogP contribution in [0.1, 0.15) is 0 Å². The molecule has 0 N–H and O–H groups in total. The Hall–Kier alpha value is -0.460. The maximum absolute atomic E-state index is 12.4. The summed E-state index contributed by atoms with van der Waals surface area (Å²) >= 11 is 0. The maximum Gasteiger partial charge on any atom is 0.393 e. The first-order valence-corrected chi connectivity index (χ1v) is 5.98. The van der Waals surface area contributed by atoms with Crippen molar-refractivity contribution in [3.05, 3.63) is 0 Å². The van der Waals surface area contributed by atoms with Crippen molar-refractivity contribution in [3.8, 4) is 12.3 Å². The SMILES string of the molecule is C#CC1CP(=O)(OC)CC1C(F)(F)F. The van der Waals surface area contributed by atoms with Crippen LogP contribution in [0.5, 0.6) is 0 Å². The first-order valence-electron chi connectivity index (χ1n) is 3.99. The molecule has 1 fully saturated rings. The van der Waals surface area contributed by atoms with E-state index in [9.17, 15) is 17.7 Å². The lowest BCUT2D eigenvalue weighted by Gasteiger charge is -2.16. The average molecular weight is 226 g/mol. The van der Waals surface area contributed by atoms with Crippen LogP contribution in [0.2, 0.25) is 0 Å². The summed E-state index contributed by atoms with van der Waals surface area (Å²) in [5, 5.41) is 0. The summed E-state index contributed by atoms with van der Waals surface area (Å²) in [5.74, 6) is -0.657. The van der Waals surface area contributed by atoms with Gasteiger partial charge in [-0.2, -0.15) is 13.2 Å². The highest BCUT2D eigenvalue weighted by Crippen LogP contribution is 2.59. The molecule has 0 amide bonds. The lowest BCUT2D eigenvalue weighted by atomic mass is 9.97. The average Bonchev–Trinajstić information content (AvgIpc) is 2.43. The highest BCUT2D eigenvalue weighted by atomic mass is 31.2. The number of halogens is 3. The van der Waals surface area contributed by atoms with Crippen molar-refractivity contribution in [2.24, 2.45) is 11.8 Å². The Labute approximate surface area is 80.3 Å². The van der Waals surface area contributed by atoms with Crippen LogP contribution < -0.4 is 0 Å². The third-order valence-corrected chi connectivity index (χ3v) is 4.97. The van der Waals surface area contributed by atoms with Crippen molar-refractivity contribution in [2.45, 2.75) is 6.18 Å². The smallest absolute Gasteiger partial charge is 0.332 e. The maximum atomic E-state index is 12.4. The molecule has 1 rings (SSSR count). The molecule has 80 valence electrons. The molecule has 3 atom stereocenters. The number of hydrogen-bond donors (Lipinski definition) is 0. The fourth-order valence-electron chi connectivity index (χ4n) is 1.58. The Bertz CT molecular complexity index is 305. The third-order valence-electron chi connectivity index (χ3n) is 2.40. The van der Waals surface area contributed by atoms with Crippen molar-refractivity contribution in [2.75, 3.05) is 19.4 Å². The molecule has 1 heterocycles. The van der Waals surface area contributed by atoms with Crippen molar-refractivity contribution < 1.29 is 22.3 Å². The largest absolute Gasteiger partial charge is 0.393 e. The molecule has 3 unspecified atom stereocenters. The summed E-state index contributed by atoms with van der Waals surface area (Å²) < 4.78 is 53.4. The molecule has 0 aliphatic carbocycles. The molecular formula is C8H10F3O2P. The fraction of sp³-hybridized carbons (Fsp3) is 0.750. The van der Waals surface area contributed by atoms with E-state index in [-0.39, 0.29) is 6.16 Å². The van der Waals surface area contributed by atoms with Gasteiger partial charge < -0.3 is 4.52 Å². The zero-order chi connectivity index (χ0) is 11.0. The van der Waals surface area contributed by atoms with Gasteiger partial charge in [0.15, 0.2) is 0 Å². The van der Waals surface area contributed by atoms with E-state index in [1.54, 1.807) is 0 Å². The summed E-state index contributed by atoms with van der Waals surface area (Å²) in [6.45, 7) is 0. The monoisotopic (exact) mass is 226 g/mol. The Morgan fingerprint density at radius 3 is 2.36 bits per heavy atom. The lowest BCUT2D eigenvalue weighted by Crippen LogP contribution is -2.28. The lowest BCUT2D eigenvalue weighted by molar-refractivity contribution is -0.173. The minimum absolute atomic E-state index is 0.163. The Balaban J connectivity index is 2.90. The molecule has 0 bridgehead atoms. The molecule has 0 radical (unpaired) electrons. The quantitative estimate of drug-likeness (QED) is 0.506. The van der Waals surface area contributed by atoms with Crippen LogP contribution in [-0.2, 0) is 9.09 Å². The minimum atomic E-state index is -4.39. The summed E-state index contributed by atoms with van der Waals surface area (Å²) in [4.78, 5) is 0. The molecule has 0 aromatic heterocycles. The highest BCUT2D eigenvalue weighted by Gasteiger charge is 2.54. The first-order chi connectivity index (χ1) is 6.32. The molecule has 14 heavy (non-hydrogen) atoms. The van der Waals surface area contributed by atoms with Gasteiger partial charge in [-0.05, 0) is 0 Å². The second kappa shape index (κ2) is 3.60.